The molecule has 10 nitrogen and oxygen atoms in total. The van der Waals surface area contributed by atoms with Gasteiger partial charge in [0.05, 0.1) is 39.4 Å². The van der Waals surface area contributed by atoms with E-state index < -0.39 is 27.8 Å². The van der Waals surface area contributed by atoms with Crippen molar-refractivity contribution >= 4 is 16.6 Å². The first kappa shape index (κ1) is 22.6. The lowest BCUT2D eigenvalue weighted by molar-refractivity contribution is -0.384. The van der Waals surface area contributed by atoms with Crippen LogP contribution in [0.5, 0.6) is 5.75 Å². The van der Waals surface area contributed by atoms with Crippen molar-refractivity contribution in [1.29, 1.82) is 0 Å². The maximum Gasteiger partial charge on any atom is 0.331 e. The number of non-ortho nitro benzene ring substituents is 1. The Morgan fingerprint density at radius 2 is 1.77 bits per heavy atom. The highest BCUT2D eigenvalue weighted by molar-refractivity contribution is 5.97. The maximum absolute atomic E-state index is 13.6. The van der Waals surface area contributed by atoms with E-state index in [9.17, 15) is 24.8 Å². The molecular weight excluding hydrogens is 452 g/mol. The van der Waals surface area contributed by atoms with Crippen molar-refractivity contribution in [2.75, 3.05) is 6.61 Å². The molecule has 0 saturated carbocycles. The number of aromatic hydroxyl groups is 1. The predicted octanol–water partition coefficient (Wildman–Crippen LogP) is 3.17. The Bertz CT molecular complexity index is 1630. The second-order valence-electron chi connectivity index (χ2n) is 9.40. The number of aromatic nitrogens is 3. The van der Waals surface area contributed by atoms with Crippen molar-refractivity contribution in [1.82, 2.24) is 13.7 Å². The highest BCUT2D eigenvalue weighted by atomic mass is 16.6. The Kier molecular flexibility index (Phi) is 4.95. The molecule has 3 heterocycles. The van der Waals surface area contributed by atoms with Crippen LogP contribution in [0.25, 0.3) is 22.2 Å². The van der Waals surface area contributed by atoms with E-state index in [2.05, 4.69) is 0 Å². The van der Waals surface area contributed by atoms with Gasteiger partial charge in [0.2, 0.25) is 0 Å². The largest absolute Gasteiger partial charge is 0.508 e. The lowest BCUT2D eigenvalue weighted by Crippen LogP contribution is -2.40. The normalized spacial score (nSPS) is 16.9. The molecule has 0 bridgehead atoms. The van der Waals surface area contributed by atoms with Gasteiger partial charge in [0, 0.05) is 31.8 Å². The zero-order valence-corrected chi connectivity index (χ0v) is 19.7. The first-order valence-corrected chi connectivity index (χ1v) is 11.0. The number of fused-ring (bicyclic) bond motifs is 3. The molecule has 2 aromatic heterocycles. The van der Waals surface area contributed by atoms with Gasteiger partial charge in [-0.25, -0.2) is 4.79 Å². The van der Waals surface area contributed by atoms with Crippen molar-refractivity contribution in [2.45, 2.75) is 25.5 Å². The van der Waals surface area contributed by atoms with Crippen molar-refractivity contribution in [2.24, 2.45) is 14.1 Å². The number of nitro benzene ring substituents is 1. The molecule has 0 fully saturated rings. The molecule has 1 atom stereocenters. The molecule has 180 valence electrons. The van der Waals surface area contributed by atoms with E-state index in [1.807, 2.05) is 18.4 Å². The Morgan fingerprint density at radius 1 is 1.09 bits per heavy atom. The Hall–Kier alpha value is -4.18. The minimum Gasteiger partial charge on any atom is -0.508 e. The van der Waals surface area contributed by atoms with Gasteiger partial charge >= 0.3 is 5.69 Å². The number of phenols is 1. The van der Waals surface area contributed by atoms with Gasteiger partial charge in [-0.15, -0.1) is 0 Å². The summed E-state index contributed by atoms with van der Waals surface area (Å²) in [5.74, 6) is 0.101. The predicted molar refractivity (Wildman–Crippen MR) is 130 cm³/mol. The van der Waals surface area contributed by atoms with Crippen LogP contribution in [0.2, 0.25) is 0 Å². The monoisotopic (exact) mass is 476 g/mol. The second kappa shape index (κ2) is 7.67. The standard InChI is InChI=1S/C25H24N4O6/c1-25(2)13-35-22(14-8-10-17(30)11-9-14)21-20-18(23(31)27(4)24(32)26(20)3)19(28(21)25)15-6-5-7-16(12-15)29(33)34/h5-12,22,30H,13H2,1-4H3/t22-/m1/s1. The molecular formula is C25H24N4O6. The van der Waals surface area contributed by atoms with Crippen LogP contribution in [-0.2, 0) is 24.4 Å². The number of hydrogen-bond donors (Lipinski definition) is 1. The molecule has 2 aromatic carbocycles. The Balaban J connectivity index is 2.00. The molecule has 1 N–H and O–H groups in total. The van der Waals surface area contributed by atoms with Crippen LogP contribution in [0.1, 0.15) is 31.2 Å². The molecule has 1 aliphatic rings. The van der Waals surface area contributed by atoms with Crippen LogP contribution < -0.4 is 11.2 Å². The summed E-state index contributed by atoms with van der Waals surface area (Å²) in [4.78, 5) is 37.6. The number of aryl methyl sites for hydroxylation is 1. The van der Waals surface area contributed by atoms with Crippen molar-refractivity contribution in [3.8, 4) is 17.0 Å². The highest BCUT2D eigenvalue weighted by Gasteiger charge is 2.40. The average molecular weight is 476 g/mol. The summed E-state index contributed by atoms with van der Waals surface area (Å²) in [6, 6.07) is 12.7. The zero-order valence-electron chi connectivity index (χ0n) is 19.7. The van der Waals surface area contributed by atoms with Gasteiger partial charge in [0.25, 0.3) is 11.2 Å². The van der Waals surface area contributed by atoms with E-state index in [0.717, 1.165) is 10.1 Å². The van der Waals surface area contributed by atoms with Crippen molar-refractivity contribution < 1.29 is 14.8 Å². The van der Waals surface area contributed by atoms with Gasteiger partial charge in [-0.1, -0.05) is 24.3 Å². The van der Waals surface area contributed by atoms with Gasteiger partial charge < -0.3 is 14.4 Å². The quantitative estimate of drug-likeness (QED) is 0.358. The fourth-order valence-electron chi connectivity index (χ4n) is 4.94. The SMILES string of the molecule is Cn1c(=O)c2c(-c3cccc([N+](=O)[O-])c3)n3c(c2n(C)c1=O)[C@@H](c1ccc(O)cc1)OCC3(C)C. The lowest BCUT2D eigenvalue weighted by atomic mass is 9.98. The number of rotatable bonds is 3. The van der Waals surface area contributed by atoms with E-state index in [-0.39, 0.29) is 23.4 Å². The van der Waals surface area contributed by atoms with Gasteiger partial charge in [-0.2, -0.15) is 0 Å². The first-order valence-electron chi connectivity index (χ1n) is 11.0. The minimum atomic E-state index is -0.650. The van der Waals surface area contributed by atoms with Gasteiger partial charge in [-0.3, -0.25) is 24.0 Å². The first-order chi connectivity index (χ1) is 16.5. The average Bonchev–Trinajstić information content (AvgIpc) is 3.20. The number of benzene rings is 2. The topological polar surface area (TPSA) is 122 Å². The molecule has 0 amide bonds. The van der Waals surface area contributed by atoms with E-state index in [1.165, 1.54) is 23.7 Å². The smallest absolute Gasteiger partial charge is 0.331 e. The molecule has 10 heteroatoms. The van der Waals surface area contributed by atoms with Crippen LogP contribution >= 0.6 is 0 Å². The second-order valence-corrected chi connectivity index (χ2v) is 9.40. The van der Waals surface area contributed by atoms with Crippen LogP contribution in [0, 0.1) is 10.1 Å². The number of nitro groups is 1. The third kappa shape index (κ3) is 3.28. The van der Waals surface area contributed by atoms with Crippen molar-refractivity contribution in [3.05, 3.63) is 90.7 Å². The fourth-order valence-corrected chi connectivity index (χ4v) is 4.94. The number of ether oxygens (including phenoxy) is 1. The Morgan fingerprint density at radius 3 is 2.43 bits per heavy atom. The molecule has 4 aromatic rings. The highest BCUT2D eigenvalue weighted by Crippen LogP contribution is 2.45. The van der Waals surface area contributed by atoms with E-state index in [4.69, 9.17) is 4.74 Å². The van der Waals surface area contributed by atoms with Crippen molar-refractivity contribution in [3.63, 3.8) is 0 Å². The molecule has 0 radical (unpaired) electrons. The van der Waals surface area contributed by atoms with Crippen LogP contribution in [-0.4, -0.2) is 30.3 Å². The minimum absolute atomic E-state index is 0.101. The molecule has 35 heavy (non-hydrogen) atoms. The van der Waals surface area contributed by atoms with Crippen LogP contribution in [0.3, 0.4) is 0 Å². The molecule has 0 saturated heterocycles. The summed E-state index contributed by atoms with van der Waals surface area (Å²) < 4.78 is 10.7. The molecule has 1 aliphatic heterocycles. The zero-order chi connectivity index (χ0) is 25.2. The fraction of sp³-hybridized carbons (Fsp3) is 0.280. The van der Waals surface area contributed by atoms with E-state index in [0.29, 0.717) is 22.5 Å². The lowest BCUT2D eigenvalue weighted by Gasteiger charge is -2.39. The summed E-state index contributed by atoms with van der Waals surface area (Å²) in [7, 11) is 3.01. The van der Waals surface area contributed by atoms with E-state index in [1.54, 1.807) is 43.4 Å². The molecule has 0 spiro atoms. The number of phenolic OH excluding ortho intramolecular Hbond substituents is 1. The van der Waals surface area contributed by atoms with E-state index >= 15 is 0 Å². The molecule has 0 unspecified atom stereocenters. The summed E-state index contributed by atoms with van der Waals surface area (Å²) in [6.07, 6.45) is -0.642. The van der Waals surface area contributed by atoms with Gasteiger partial charge in [0.1, 0.15) is 11.9 Å². The third-order valence-corrected chi connectivity index (χ3v) is 6.59. The van der Waals surface area contributed by atoms with Gasteiger partial charge in [0.15, 0.2) is 0 Å². The molecule has 0 aliphatic carbocycles. The summed E-state index contributed by atoms with van der Waals surface area (Å²) >= 11 is 0. The third-order valence-electron chi connectivity index (χ3n) is 6.59. The van der Waals surface area contributed by atoms with Gasteiger partial charge in [-0.05, 0) is 31.5 Å². The number of nitrogens with zero attached hydrogens (tertiary/aromatic N) is 4. The summed E-state index contributed by atoms with van der Waals surface area (Å²) in [5.41, 5.74) is 0.985. The Labute approximate surface area is 199 Å². The van der Waals surface area contributed by atoms with Crippen LogP contribution in [0.4, 0.5) is 5.69 Å². The number of hydrogen-bond acceptors (Lipinski definition) is 6. The van der Waals surface area contributed by atoms with Crippen LogP contribution in [0.15, 0.2) is 58.1 Å². The summed E-state index contributed by atoms with van der Waals surface area (Å²) in [6.45, 7) is 4.18. The maximum atomic E-state index is 13.6. The summed E-state index contributed by atoms with van der Waals surface area (Å²) in [5, 5.41) is 21.6. The molecule has 5 rings (SSSR count).